The number of hydrogen-bond acceptors (Lipinski definition) is 5. The first-order chi connectivity index (χ1) is 9.58. The Balaban J connectivity index is 0.000000511. The van der Waals surface area contributed by atoms with E-state index in [0.29, 0.717) is 13.2 Å². The Morgan fingerprint density at radius 3 is 1.95 bits per heavy atom. The minimum absolute atomic E-state index is 0.0362. The molecule has 1 aromatic carbocycles. The molecular weight excluding hydrogens is 264 g/mol. The van der Waals surface area contributed by atoms with Crippen molar-refractivity contribution in [2.75, 3.05) is 34.0 Å². The zero-order chi connectivity index (χ0) is 15.4. The van der Waals surface area contributed by atoms with Gasteiger partial charge in [0.15, 0.2) is 0 Å². The lowest BCUT2D eigenvalue weighted by molar-refractivity contribution is 0.0514. The maximum absolute atomic E-state index is 11.3. The van der Waals surface area contributed by atoms with E-state index in [4.69, 9.17) is 9.84 Å². The molecule has 0 heterocycles. The Morgan fingerprint density at radius 1 is 1.05 bits per heavy atom. The van der Waals surface area contributed by atoms with Crippen LogP contribution in [0.15, 0.2) is 24.3 Å². The summed E-state index contributed by atoms with van der Waals surface area (Å²) in [6.07, 6.45) is 0. The summed E-state index contributed by atoms with van der Waals surface area (Å²) in [4.78, 5) is 22.0. The number of benzene rings is 1. The zero-order valence-electron chi connectivity index (χ0n) is 11.9. The highest BCUT2D eigenvalue weighted by Crippen LogP contribution is 2.09. The van der Waals surface area contributed by atoms with Crippen LogP contribution >= 0.6 is 0 Å². The third kappa shape index (κ3) is 6.86. The van der Waals surface area contributed by atoms with Gasteiger partial charge in [0.1, 0.15) is 0 Å². The highest BCUT2D eigenvalue weighted by atomic mass is 16.5. The zero-order valence-corrected chi connectivity index (χ0v) is 11.9. The van der Waals surface area contributed by atoms with Crippen LogP contribution in [0.4, 0.5) is 0 Å². The molecule has 0 saturated carbocycles. The average Bonchev–Trinajstić information content (AvgIpc) is 2.46. The second-order valence-electron chi connectivity index (χ2n) is 3.56. The largest absolute Gasteiger partial charge is 0.478 e. The maximum atomic E-state index is 11.3. The normalized spacial score (nSPS) is 9.35. The van der Waals surface area contributed by atoms with Gasteiger partial charge < -0.3 is 19.3 Å². The Morgan fingerprint density at radius 2 is 1.55 bits per heavy atom. The van der Waals surface area contributed by atoms with Crippen LogP contribution in [0.5, 0.6) is 0 Å². The van der Waals surface area contributed by atoms with Crippen LogP contribution in [-0.4, -0.2) is 51.1 Å². The molecular formula is C14H20O6. The van der Waals surface area contributed by atoms with Gasteiger partial charge in [0.2, 0.25) is 0 Å². The lowest BCUT2D eigenvalue weighted by Crippen LogP contribution is -2.11. The Bertz CT molecular complexity index is 412. The molecule has 112 valence electrons. The van der Waals surface area contributed by atoms with Gasteiger partial charge in [0.25, 0.3) is 0 Å². The number of carboxylic acids is 1. The van der Waals surface area contributed by atoms with E-state index in [2.05, 4.69) is 9.47 Å². The highest BCUT2D eigenvalue weighted by molar-refractivity contribution is 6.02. The monoisotopic (exact) mass is 284 g/mol. The van der Waals surface area contributed by atoms with Crippen molar-refractivity contribution >= 4 is 11.9 Å². The smallest absolute Gasteiger partial charge is 0.338 e. The van der Waals surface area contributed by atoms with Crippen molar-refractivity contribution in [3.8, 4) is 0 Å². The van der Waals surface area contributed by atoms with E-state index in [0.717, 1.165) is 0 Å². The Kier molecular flexibility index (Phi) is 9.90. The van der Waals surface area contributed by atoms with E-state index in [-0.39, 0.29) is 17.7 Å². The molecule has 0 aliphatic rings. The summed E-state index contributed by atoms with van der Waals surface area (Å²) in [5.74, 6) is -1.74. The van der Waals surface area contributed by atoms with Gasteiger partial charge in [0.05, 0.1) is 30.9 Å². The van der Waals surface area contributed by atoms with E-state index in [1.165, 1.54) is 12.1 Å². The van der Waals surface area contributed by atoms with Gasteiger partial charge in [0, 0.05) is 14.2 Å². The summed E-state index contributed by atoms with van der Waals surface area (Å²) in [5.41, 5.74) is 0.0489. The molecule has 6 nitrogen and oxygen atoms in total. The molecule has 0 radical (unpaired) electrons. The molecule has 0 atom stereocenters. The molecule has 0 unspecified atom stereocenters. The fourth-order valence-electron chi connectivity index (χ4n) is 1.22. The number of aromatic carboxylic acids is 1. The third-order valence-electron chi connectivity index (χ3n) is 2.14. The molecule has 0 spiro atoms. The van der Waals surface area contributed by atoms with E-state index in [1.807, 2.05) is 0 Å². The summed E-state index contributed by atoms with van der Waals surface area (Å²) in [5, 5.41) is 8.77. The molecule has 0 fully saturated rings. The number of carboxylic acid groups (broad SMARTS) is 1. The van der Waals surface area contributed by atoms with E-state index in [1.54, 1.807) is 33.3 Å². The quantitative estimate of drug-likeness (QED) is 0.634. The second-order valence-corrected chi connectivity index (χ2v) is 3.56. The van der Waals surface area contributed by atoms with E-state index in [9.17, 15) is 9.59 Å². The minimum Gasteiger partial charge on any atom is -0.478 e. The van der Waals surface area contributed by atoms with Gasteiger partial charge in [-0.05, 0) is 19.1 Å². The van der Waals surface area contributed by atoms with Crippen LogP contribution < -0.4 is 0 Å². The molecule has 20 heavy (non-hydrogen) atoms. The fourth-order valence-corrected chi connectivity index (χ4v) is 1.22. The Hall–Kier alpha value is -1.92. The van der Waals surface area contributed by atoms with Crippen LogP contribution in [0, 0.1) is 0 Å². The second kappa shape index (κ2) is 11.0. The van der Waals surface area contributed by atoms with E-state index >= 15 is 0 Å². The molecule has 0 aliphatic carbocycles. The average molecular weight is 284 g/mol. The lowest BCUT2D eigenvalue weighted by Gasteiger charge is -2.04. The van der Waals surface area contributed by atoms with Crippen molar-refractivity contribution in [3.05, 3.63) is 35.4 Å². The van der Waals surface area contributed by atoms with Crippen LogP contribution in [0.3, 0.4) is 0 Å². The number of methoxy groups -OCH3 is 2. The molecule has 0 amide bonds. The number of carbonyl (C=O) groups is 2. The minimum atomic E-state index is -1.13. The standard InChI is InChI=1S/C10H10O4.C4H10O2/c1-2-14-10(13)8-6-4-3-5-7(8)9(11)12;1-5-3-4-6-2/h3-6H,2H2,1H3,(H,11,12);3-4H2,1-2H3. The summed E-state index contributed by atoms with van der Waals surface area (Å²) in [6.45, 7) is 3.28. The molecule has 1 rings (SSSR count). The number of carbonyl (C=O) groups excluding carboxylic acids is 1. The van der Waals surface area contributed by atoms with Gasteiger partial charge in [-0.1, -0.05) is 12.1 Å². The number of hydrogen-bond donors (Lipinski definition) is 1. The summed E-state index contributed by atoms with van der Waals surface area (Å²) < 4.78 is 14.0. The molecule has 1 aromatic rings. The molecule has 1 N–H and O–H groups in total. The molecule has 0 bridgehead atoms. The summed E-state index contributed by atoms with van der Waals surface area (Å²) in [6, 6.07) is 5.96. The third-order valence-corrected chi connectivity index (χ3v) is 2.14. The van der Waals surface area contributed by atoms with Gasteiger partial charge in [-0.3, -0.25) is 0 Å². The predicted octanol–water partition coefficient (Wildman–Crippen LogP) is 1.84. The van der Waals surface area contributed by atoms with Gasteiger partial charge in [-0.2, -0.15) is 0 Å². The van der Waals surface area contributed by atoms with Crippen LogP contribution in [0.25, 0.3) is 0 Å². The van der Waals surface area contributed by atoms with Crippen molar-refractivity contribution in [2.45, 2.75) is 6.92 Å². The first-order valence-electron chi connectivity index (χ1n) is 6.05. The van der Waals surface area contributed by atoms with Crippen molar-refractivity contribution in [3.63, 3.8) is 0 Å². The molecule has 0 aromatic heterocycles. The fraction of sp³-hybridized carbons (Fsp3) is 0.429. The van der Waals surface area contributed by atoms with Crippen LogP contribution in [0.2, 0.25) is 0 Å². The lowest BCUT2D eigenvalue weighted by atomic mass is 10.1. The van der Waals surface area contributed by atoms with Crippen LogP contribution in [0.1, 0.15) is 27.6 Å². The highest BCUT2D eigenvalue weighted by Gasteiger charge is 2.15. The molecule has 0 saturated heterocycles. The number of ether oxygens (including phenoxy) is 3. The van der Waals surface area contributed by atoms with E-state index < -0.39 is 11.9 Å². The first kappa shape index (κ1) is 18.1. The summed E-state index contributed by atoms with van der Waals surface area (Å²) in [7, 11) is 3.30. The predicted molar refractivity (Wildman–Crippen MR) is 73.1 cm³/mol. The van der Waals surface area contributed by atoms with Crippen molar-refractivity contribution in [1.29, 1.82) is 0 Å². The van der Waals surface area contributed by atoms with Gasteiger partial charge >= 0.3 is 11.9 Å². The van der Waals surface area contributed by atoms with Crippen LogP contribution in [-0.2, 0) is 14.2 Å². The van der Waals surface area contributed by atoms with Gasteiger partial charge in [-0.15, -0.1) is 0 Å². The SMILES string of the molecule is CCOC(=O)c1ccccc1C(=O)O.COCCOC. The summed E-state index contributed by atoms with van der Waals surface area (Å²) >= 11 is 0. The van der Waals surface area contributed by atoms with Crippen molar-refractivity contribution in [1.82, 2.24) is 0 Å². The van der Waals surface area contributed by atoms with Gasteiger partial charge in [-0.25, -0.2) is 9.59 Å². The Labute approximate surface area is 118 Å². The maximum Gasteiger partial charge on any atom is 0.338 e. The molecule has 6 heteroatoms. The number of esters is 1. The number of rotatable bonds is 6. The first-order valence-corrected chi connectivity index (χ1v) is 6.05. The van der Waals surface area contributed by atoms with Crippen molar-refractivity contribution < 1.29 is 28.9 Å². The van der Waals surface area contributed by atoms with Crippen molar-refractivity contribution in [2.24, 2.45) is 0 Å². The topological polar surface area (TPSA) is 82.1 Å². The molecule has 0 aliphatic heterocycles.